The SMILES string of the molecule is CC1(Oc2cccc(Cl)c2Cl)CCNC1. The Morgan fingerprint density at radius 2 is 2.20 bits per heavy atom. The predicted octanol–water partition coefficient (Wildman–Crippen LogP) is 3.12. The van der Waals surface area contributed by atoms with E-state index in [2.05, 4.69) is 12.2 Å². The van der Waals surface area contributed by atoms with Crippen LogP contribution in [0, 0.1) is 0 Å². The molecule has 2 nitrogen and oxygen atoms in total. The van der Waals surface area contributed by atoms with Gasteiger partial charge in [-0.3, -0.25) is 0 Å². The van der Waals surface area contributed by atoms with Crippen molar-refractivity contribution in [1.29, 1.82) is 0 Å². The van der Waals surface area contributed by atoms with Crippen LogP contribution in [0.3, 0.4) is 0 Å². The molecule has 15 heavy (non-hydrogen) atoms. The molecule has 1 aromatic rings. The summed E-state index contributed by atoms with van der Waals surface area (Å²) in [7, 11) is 0. The van der Waals surface area contributed by atoms with Crippen molar-refractivity contribution in [2.75, 3.05) is 13.1 Å². The molecule has 0 bridgehead atoms. The van der Waals surface area contributed by atoms with Gasteiger partial charge in [0.05, 0.1) is 5.02 Å². The second kappa shape index (κ2) is 4.20. The molecule has 1 aliphatic heterocycles. The number of hydrogen-bond acceptors (Lipinski definition) is 2. The highest BCUT2D eigenvalue weighted by atomic mass is 35.5. The van der Waals surface area contributed by atoms with Crippen LogP contribution < -0.4 is 10.1 Å². The summed E-state index contributed by atoms with van der Waals surface area (Å²) in [5.41, 5.74) is -0.172. The highest BCUT2D eigenvalue weighted by molar-refractivity contribution is 6.42. The Kier molecular flexibility index (Phi) is 3.10. The summed E-state index contributed by atoms with van der Waals surface area (Å²) in [6.07, 6.45) is 0.982. The fourth-order valence-electron chi connectivity index (χ4n) is 1.71. The molecule has 1 aromatic carbocycles. The summed E-state index contributed by atoms with van der Waals surface area (Å²) in [5.74, 6) is 0.662. The number of nitrogens with one attached hydrogen (secondary N) is 1. The van der Waals surface area contributed by atoms with Crippen LogP contribution in [-0.4, -0.2) is 18.7 Å². The molecule has 0 spiro atoms. The molecular weight excluding hydrogens is 233 g/mol. The smallest absolute Gasteiger partial charge is 0.140 e. The Labute approximate surface area is 99.5 Å². The van der Waals surface area contributed by atoms with Gasteiger partial charge in [0.1, 0.15) is 16.4 Å². The molecule has 0 radical (unpaired) electrons. The number of rotatable bonds is 2. The van der Waals surface area contributed by atoms with Gasteiger partial charge in [-0.05, 0) is 25.6 Å². The zero-order valence-electron chi connectivity index (χ0n) is 8.52. The fraction of sp³-hybridized carbons (Fsp3) is 0.455. The van der Waals surface area contributed by atoms with E-state index in [0.29, 0.717) is 15.8 Å². The van der Waals surface area contributed by atoms with E-state index in [1.165, 1.54) is 0 Å². The monoisotopic (exact) mass is 245 g/mol. The molecule has 1 aliphatic rings. The molecule has 1 saturated heterocycles. The van der Waals surface area contributed by atoms with Gasteiger partial charge in [0.2, 0.25) is 0 Å². The van der Waals surface area contributed by atoms with E-state index in [4.69, 9.17) is 27.9 Å². The van der Waals surface area contributed by atoms with Gasteiger partial charge in [-0.1, -0.05) is 29.3 Å². The van der Waals surface area contributed by atoms with Crippen molar-refractivity contribution in [1.82, 2.24) is 5.32 Å². The van der Waals surface area contributed by atoms with Crippen LogP contribution in [0.4, 0.5) is 0 Å². The third kappa shape index (κ3) is 2.39. The highest BCUT2D eigenvalue weighted by Crippen LogP contribution is 2.34. The maximum Gasteiger partial charge on any atom is 0.140 e. The van der Waals surface area contributed by atoms with Crippen LogP contribution in [0.15, 0.2) is 18.2 Å². The maximum atomic E-state index is 6.06. The van der Waals surface area contributed by atoms with Gasteiger partial charge in [-0.15, -0.1) is 0 Å². The van der Waals surface area contributed by atoms with Gasteiger partial charge in [-0.25, -0.2) is 0 Å². The topological polar surface area (TPSA) is 21.3 Å². The summed E-state index contributed by atoms with van der Waals surface area (Å²) in [6, 6.07) is 5.44. The predicted molar refractivity (Wildman–Crippen MR) is 63.0 cm³/mol. The molecule has 1 unspecified atom stereocenters. The van der Waals surface area contributed by atoms with Crippen molar-refractivity contribution < 1.29 is 4.74 Å². The van der Waals surface area contributed by atoms with Crippen LogP contribution in [0.25, 0.3) is 0 Å². The second-order valence-corrected chi connectivity index (χ2v) is 4.82. The molecule has 1 N–H and O–H groups in total. The van der Waals surface area contributed by atoms with Crippen molar-refractivity contribution in [2.24, 2.45) is 0 Å². The summed E-state index contributed by atoms with van der Waals surface area (Å²) in [4.78, 5) is 0. The lowest BCUT2D eigenvalue weighted by Crippen LogP contribution is -2.34. The summed E-state index contributed by atoms with van der Waals surface area (Å²) >= 11 is 12.0. The fourth-order valence-corrected chi connectivity index (χ4v) is 2.04. The summed E-state index contributed by atoms with van der Waals surface area (Å²) in [6.45, 7) is 3.90. The normalized spacial score (nSPS) is 25.5. The molecule has 0 amide bonds. The number of hydrogen-bond donors (Lipinski definition) is 1. The lowest BCUT2D eigenvalue weighted by Gasteiger charge is -2.25. The van der Waals surface area contributed by atoms with E-state index >= 15 is 0 Å². The summed E-state index contributed by atoms with van der Waals surface area (Å²) in [5, 5.41) is 4.29. The molecule has 4 heteroatoms. The Morgan fingerprint density at radius 1 is 1.40 bits per heavy atom. The van der Waals surface area contributed by atoms with Gasteiger partial charge in [0.15, 0.2) is 0 Å². The molecule has 1 fully saturated rings. The average Bonchev–Trinajstić information content (AvgIpc) is 2.60. The van der Waals surface area contributed by atoms with Crippen molar-refractivity contribution in [3.05, 3.63) is 28.2 Å². The van der Waals surface area contributed by atoms with Crippen LogP contribution in [0.2, 0.25) is 10.0 Å². The van der Waals surface area contributed by atoms with E-state index in [0.717, 1.165) is 19.5 Å². The van der Waals surface area contributed by atoms with Crippen molar-refractivity contribution in [2.45, 2.75) is 18.9 Å². The lowest BCUT2D eigenvalue weighted by molar-refractivity contribution is 0.111. The van der Waals surface area contributed by atoms with Crippen molar-refractivity contribution >= 4 is 23.2 Å². The first-order valence-corrected chi connectivity index (χ1v) is 5.70. The van der Waals surface area contributed by atoms with Gasteiger partial charge in [0.25, 0.3) is 0 Å². The van der Waals surface area contributed by atoms with E-state index in [1.54, 1.807) is 6.07 Å². The maximum absolute atomic E-state index is 6.06. The van der Waals surface area contributed by atoms with Crippen molar-refractivity contribution in [3.63, 3.8) is 0 Å². The average molecular weight is 246 g/mol. The minimum atomic E-state index is -0.172. The van der Waals surface area contributed by atoms with Crippen molar-refractivity contribution in [3.8, 4) is 5.75 Å². The molecule has 0 aliphatic carbocycles. The zero-order chi connectivity index (χ0) is 10.9. The number of benzene rings is 1. The van der Waals surface area contributed by atoms with Crippen LogP contribution >= 0.6 is 23.2 Å². The van der Waals surface area contributed by atoms with E-state index < -0.39 is 0 Å². The quantitative estimate of drug-likeness (QED) is 0.865. The number of ether oxygens (including phenoxy) is 1. The molecule has 1 atom stereocenters. The Bertz CT molecular complexity index is 362. The minimum absolute atomic E-state index is 0.172. The minimum Gasteiger partial charge on any atom is -0.485 e. The molecule has 2 rings (SSSR count). The Balaban J connectivity index is 2.20. The Hall–Kier alpha value is -0.440. The van der Waals surface area contributed by atoms with Crippen LogP contribution in [0.1, 0.15) is 13.3 Å². The first kappa shape index (κ1) is 11.1. The molecule has 1 heterocycles. The van der Waals surface area contributed by atoms with Gasteiger partial charge in [-0.2, -0.15) is 0 Å². The third-order valence-electron chi connectivity index (χ3n) is 2.60. The van der Waals surface area contributed by atoms with Gasteiger partial charge in [0, 0.05) is 13.0 Å². The Morgan fingerprint density at radius 3 is 2.87 bits per heavy atom. The molecule has 0 aromatic heterocycles. The molecular formula is C11H13Cl2NO. The first-order chi connectivity index (χ1) is 7.11. The summed E-state index contributed by atoms with van der Waals surface area (Å²) < 4.78 is 5.90. The molecule has 82 valence electrons. The number of halogens is 2. The second-order valence-electron chi connectivity index (χ2n) is 4.03. The first-order valence-electron chi connectivity index (χ1n) is 4.94. The zero-order valence-corrected chi connectivity index (χ0v) is 10.0. The van der Waals surface area contributed by atoms with Crippen LogP contribution in [-0.2, 0) is 0 Å². The standard InChI is InChI=1S/C11H13Cl2NO/c1-11(5-6-14-7-11)15-9-4-2-3-8(12)10(9)13/h2-4,14H,5-7H2,1H3. The van der Waals surface area contributed by atoms with E-state index in [1.807, 2.05) is 12.1 Å². The highest BCUT2D eigenvalue weighted by Gasteiger charge is 2.31. The largest absolute Gasteiger partial charge is 0.485 e. The molecule has 0 saturated carbocycles. The van der Waals surface area contributed by atoms with Gasteiger partial charge >= 0.3 is 0 Å². The lowest BCUT2D eigenvalue weighted by atomic mass is 10.1. The van der Waals surface area contributed by atoms with Crippen LogP contribution in [0.5, 0.6) is 5.75 Å². The third-order valence-corrected chi connectivity index (χ3v) is 3.40. The van der Waals surface area contributed by atoms with E-state index in [9.17, 15) is 0 Å². The van der Waals surface area contributed by atoms with Gasteiger partial charge < -0.3 is 10.1 Å². The van der Waals surface area contributed by atoms with E-state index in [-0.39, 0.29) is 5.60 Å².